The first-order chi connectivity index (χ1) is 13.9. The summed E-state index contributed by atoms with van der Waals surface area (Å²) in [7, 11) is 0. The Morgan fingerprint density at radius 3 is 2.55 bits per heavy atom. The number of aryl methyl sites for hydroxylation is 2. The van der Waals surface area contributed by atoms with Crippen molar-refractivity contribution >= 4 is 23.6 Å². The third-order valence-corrected chi connectivity index (χ3v) is 5.39. The fraction of sp³-hybridized carbons (Fsp3) is 0.364. The number of benzene rings is 1. The molecule has 7 heteroatoms. The fourth-order valence-corrected chi connectivity index (χ4v) is 3.54. The lowest BCUT2D eigenvalue weighted by molar-refractivity contribution is -0.119. The Morgan fingerprint density at radius 1 is 1.28 bits per heavy atom. The van der Waals surface area contributed by atoms with E-state index in [1.807, 2.05) is 25.1 Å². The maximum absolute atomic E-state index is 12.4. The molecule has 1 aromatic heterocycles. The van der Waals surface area contributed by atoms with Crippen LogP contribution in [0.25, 0.3) is 0 Å². The van der Waals surface area contributed by atoms with Gasteiger partial charge < -0.3 is 10.1 Å². The van der Waals surface area contributed by atoms with Gasteiger partial charge in [0.2, 0.25) is 5.91 Å². The zero-order chi connectivity index (χ0) is 21.4. The van der Waals surface area contributed by atoms with Crippen LogP contribution in [0.2, 0.25) is 0 Å². The van der Waals surface area contributed by atoms with Crippen LogP contribution in [0.1, 0.15) is 59.6 Å². The van der Waals surface area contributed by atoms with Crippen LogP contribution in [0.3, 0.4) is 0 Å². The minimum Gasteiger partial charge on any atom is -0.462 e. The third kappa shape index (κ3) is 6.06. The summed E-state index contributed by atoms with van der Waals surface area (Å²) in [6.07, 6.45) is 0.972. The van der Waals surface area contributed by atoms with Crippen LogP contribution < -0.4 is 5.32 Å². The number of nitriles is 1. The average molecular weight is 412 g/mol. The van der Waals surface area contributed by atoms with Gasteiger partial charge in [0, 0.05) is 0 Å². The van der Waals surface area contributed by atoms with Gasteiger partial charge in [-0.1, -0.05) is 43.0 Å². The van der Waals surface area contributed by atoms with Gasteiger partial charge in [0.1, 0.15) is 11.1 Å². The number of carbonyl (C=O) groups excluding carboxylic acids is 2. The van der Waals surface area contributed by atoms with Gasteiger partial charge in [-0.2, -0.15) is 5.26 Å². The number of pyridine rings is 1. The fourth-order valence-electron chi connectivity index (χ4n) is 2.73. The summed E-state index contributed by atoms with van der Waals surface area (Å²) in [5.41, 5.74) is 3.27. The molecule has 0 radical (unpaired) electrons. The highest BCUT2D eigenvalue weighted by molar-refractivity contribution is 8.00. The van der Waals surface area contributed by atoms with Crippen LogP contribution >= 0.6 is 11.8 Å². The van der Waals surface area contributed by atoms with E-state index >= 15 is 0 Å². The molecule has 1 heterocycles. The molecular formula is C22H25N3O3S. The Hall–Kier alpha value is -2.85. The molecule has 1 atom stereocenters. The van der Waals surface area contributed by atoms with Crippen LogP contribution in [0.15, 0.2) is 35.4 Å². The molecule has 0 spiro atoms. The van der Waals surface area contributed by atoms with Crippen LogP contribution in [0, 0.1) is 18.3 Å². The second-order valence-electron chi connectivity index (χ2n) is 6.48. The Morgan fingerprint density at radius 2 is 1.97 bits per heavy atom. The minimum absolute atomic E-state index is 0.120. The number of hydrogen-bond acceptors (Lipinski definition) is 6. The summed E-state index contributed by atoms with van der Waals surface area (Å²) >= 11 is 1.17. The highest BCUT2D eigenvalue weighted by Gasteiger charge is 2.17. The molecule has 0 fully saturated rings. The SMILES string of the molecule is CCOC(=O)c1cc(C#N)c(SCC(=O)N[C@@H](C)c2ccc(CC)cc2)nc1C. The van der Waals surface area contributed by atoms with Gasteiger partial charge in [0.25, 0.3) is 0 Å². The lowest BCUT2D eigenvalue weighted by Gasteiger charge is -2.15. The zero-order valence-corrected chi connectivity index (χ0v) is 17.9. The van der Waals surface area contributed by atoms with Crippen molar-refractivity contribution in [2.45, 2.75) is 45.2 Å². The van der Waals surface area contributed by atoms with Crippen molar-refractivity contribution in [3.63, 3.8) is 0 Å². The van der Waals surface area contributed by atoms with Gasteiger partial charge in [0.05, 0.1) is 35.2 Å². The summed E-state index contributed by atoms with van der Waals surface area (Å²) in [6, 6.07) is 11.5. The van der Waals surface area contributed by atoms with E-state index in [0.29, 0.717) is 10.7 Å². The number of rotatable bonds is 8. The van der Waals surface area contributed by atoms with E-state index in [0.717, 1.165) is 12.0 Å². The van der Waals surface area contributed by atoms with Crippen LogP contribution in [-0.4, -0.2) is 29.2 Å². The lowest BCUT2D eigenvalue weighted by Crippen LogP contribution is -2.28. The first-order valence-electron chi connectivity index (χ1n) is 9.49. The number of carbonyl (C=O) groups is 2. The molecule has 0 aliphatic carbocycles. The molecule has 2 rings (SSSR count). The van der Waals surface area contributed by atoms with E-state index in [9.17, 15) is 14.9 Å². The van der Waals surface area contributed by atoms with E-state index in [-0.39, 0.29) is 35.4 Å². The number of ether oxygens (including phenoxy) is 1. The molecule has 29 heavy (non-hydrogen) atoms. The van der Waals surface area contributed by atoms with Crippen molar-refractivity contribution in [1.82, 2.24) is 10.3 Å². The quantitative estimate of drug-likeness (QED) is 0.522. The third-order valence-electron chi connectivity index (χ3n) is 4.40. The summed E-state index contributed by atoms with van der Waals surface area (Å²) in [5.74, 6) is -0.539. The monoisotopic (exact) mass is 411 g/mol. The molecule has 1 amide bonds. The normalized spacial score (nSPS) is 11.4. The lowest BCUT2D eigenvalue weighted by atomic mass is 10.1. The average Bonchev–Trinajstić information content (AvgIpc) is 2.72. The van der Waals surface area contributed by atoms with E-state index in [4.69, 9.17) is 4.74 Å². The largest absolute Gasteiger partial charge is 0.462 e. The van der Waals surface area contributed by atoms with E-state index < -0.39 is 5.97 Å². The smallest absolute Gasteiger partial charge is 0.340 e. The van der Waals surface area contributed by atoms with Gasteiger partial charge in [0.15, 0.2) is 0 Å². The summed E-state index contributed by atoms with van der Waals surface area (Å²) in [4.78, 5) is 28.7. The molecule has 152 valence electrons. The molecule has 0 aliphatic rings. The molecule has 1 aromatic carbocycles. The molecule has 0 saturated carbocycles. The number of nitrogens with one attached hydrogen (secondary N) is 1. The highest BCUT2D eigenvalue weighted by Crippen LogP contribution is 2.23. The van der Waals surface area contributed by atoms with Crippen molar-refractivity contribution in [3.05, 3.63) is 58.3 Å². The van der Waals surface area contributed by atoms with Crippen LogP contribution in [0.4, 0.5) is 0 Å². The van der Waals surface area contributed by atoms with Crippen LogP contribution in [-0.2, 0) is 16.0 Å². The van der Waals surface area contributed by atoms with Gasteiger partial charge in [-0.3, -0.25) is 4.79 Å². The van der Waals surface area contributed by atoms with Gasteiger partial charge in [-0.15, -0.1) is 0 Å². The molecule has 0 aliphatic heterocycles. The zero-order valence-electron chi connectivity index (χ0n) is 17.1. The summed E-state index contributed by atoms with van der Waals surface area (Å²) in [6.45, 7) is 7.67. The number of hydrogen-bond donors (Lipinski definition) is 1. The molecular weight excluding hydrogens is 386 g/mol. The highest BCUT2D eigenvalue weighted by atomic mass is 32.2. The number of aromatic nitrogens is 1. The summed E-state index contributed by atoms with van der Waals surface area (Å²) in [5, 5.41) is 12.8. The Bertz CT molecular complexity index is 920. The minimum atomic E-state index is -0.508. The topological polar surface area (TPSA) is 92.1 Å². The van der Waals surface area contributed by atoms with Gasteiger partial charge in [-0.05, 0) is 44.4 Å². The number of nitrogens with zero attached hydrogens (tertiary/aromatic N) is 2. The standard InChI is InChI=1S/C22H25N3O3S/c1-5-16-7-9-17(10-8-16)14(3)24-20(26)13-29-21-18(12-23)11-19(15(4)25-21)22(27)28-6-2/h7-11,14H,5-6,13H2,1-4H3,(H,24,26)/t14-/m0/s1. The number of thioether (sulfide) groups is 1. The van der Waals surface area contributed by atoms with Gasteiger partial charge in [-0.25, -0.2) is 9.78 Å². The number of amides is 1. The molecule has 1 N–H and O–H groups in total. The molecule has 0 bridgehead atoms. The van der Waals surface area contributed by atoms with Crippen molar-refractivity contribution in [1.29, 1.82) is 5.26 Å². The van der Waals surface area contributed by atoms with Crippen molar-refractivity contribution in [2.75, 3.05) is 12.4 Å². The molecule has 0 unspecified atom stereocenters. The predicted octanol–water partition coefficient (Wildman–Crippen LogP) is 3.97. The van der Waals surface area contributed by atoms with E-state index in [2.05, 4.69) is 29.4 Å². The van der Waals surface area contributed by atoms with Crippen molar-refractivity contribution < 1.29 is 14.3 Å². The van der Waals surface area contributed by atoms with Crippen molar-refractivity contribution in [2.24, 2.45) is 0 Å². The number of esters is 1. The maximum atomic E-state index is 12.4. The second kappa shape index (κ2) is 10.6. The predicted molar refractivity (Wildman–Crippen MR) is 113 cm³/mol. The summed E-state index contributed by atoms with van der Waals surface area (Å²) < 4.78 is 4.99. The van der Waals surface area contributed by atoms with Crippen molar-refractivity contribution in [3.8, 4) is 6.07 Å². The molecule has 0 saturated heterocycles. The first kappa shape index (κ1) is 22.4. The Kier molecular flexibility index (Phi) is 8.22. The van der Waals surface area contributed by atoms with Gasteiger partial charge >= 0.3 is 5.97 Å². The van der Waals surface area contributed by atoms with E-state index in [1.54, 1.807) is 13.8 Å². The second-order valence-corrected chi connectivity index (χ2v) is 7.44. The Labute approximate surface area is 175 Å². The maximum Gasteiger partial charge on any atom is 0.340 e. The molecule has 2 aromatic rings. The first-order valence-corrected chi connectivity index (χ1v) is 10.5. The van der Waals surface area contributed by atoms with E-state index in [1.165, 1.54) is 23.4 Å². The molecule has 6 nitrogen and oxygen atoms in total. The van der Waals surface area contributed by atoms with Crippen LogP contribution in [0.5, 0.6) is 0 Å². The Balaban J connectivity index is 2.02.